The van der Waals surface area contributed by atoms with Gasteiger partial charge >= 0.3 is 0 Å². The first-order valence-corrected chi connectivity index (χ1v) is 11.7. The number of rotatable bonds is 3. The molecule has 2 aliphatic rings. The first-order chi connectivity index (χ1) is 14.7. The number of fused-ring (bicyclic) bond motifs is 2. The third-order valence-electron chi connectivity index (χ3n) is 5.26. The van der Waals surface area contributed by atoms with E-state index in [9.17, 15) is 4.79 Å². The SMILES string of the molecule is CCN1C(=O)C(=C2Sc3ccccc3N2CC)SC1=Nc1ccc2ccccc2c1. The minimum atomic E-state index is 0.0378. The molecule has 0 aromatic heterocycles. The molecule has 0 saturated carbocycles. The van der Waals surface area contributed by atoms with Gasteiger partial charge in [-0.05, 0) is 60.6 Å². The van der Waals surface area contributed by atoms with Crippen molar-refractivity contribution in [2.75, 3.05) is 18.0 Å². The lowest BCUT2D eigenvalue weighted by atomic mass is 10.1. The molecule has 6 heteroatoms. The molecule has 0 N–H and O–H groups in total. The van der Waals surface area contributed by atoms with E-state index in [-0.39, 0.29) is 5.91 Å². The van der Waals surface area contributed by atoms with Crippen LogP contribution in [0, 0.1) is 0 Å². The summed E-state index contributed by atoms with van der Waals surface area (Å²) in [5.41, 5.74) is 2.03. The quantitative estimate of drug-likeness (QED) is 0.461. The van der Waals surface area contributed by atoms with E-state index in [2.05, 4.69) is 48.2 Å². The smallest absolute Gasteiger partial charge is 0.269 e. The molecular formula is C24H21N3OS2. The molecule has 1 amide bonds. The first-order valence-electron chi connectivity index (χ1n) is 10.1. The normalized spacial score (nSPS) is 19.9. The van der Waals surface area contributed by atoms with Crippen LogP contribution in [0.15, 0.2) is 86.6 Å². The molecule has 0 spiro atoms. The molecule has 3 aromatic rings. The van der Waals surface area contributed by atoms with Gasteiger partial charge in [0.2, 0.25) is 0 Å². The maximum absolute atomic E-state index is 13.3. The molecule has 2 aliphatic heterocycles. The summed E-state index contributed by atoms with van der Waals surface area (Å²) < 4.78 is 0. The second-order valence-corrected chi connectivity index (χ2v) is 9.03. The highest BCUT2D eigenvalue weighted by molar-refractivity contribution is 8.19. The van der Waals surface area contributed by atoms with Crippen molar-refractivity contribution in [3.05, 3.63) is 76.7 Å². The van der Waals surface area contributed by atoms with Crippen LogP contribution in [0.4, 0.5) is 11.4 Å². The highest BCUT2D eigenvalue weighted by atomic mass is 32.2. The van der Waals surface area contributed by atoms with Crippen LogP contribution in [0.25, 0.3) is 10.8 Å². The molecular weight excluding hydrogens is 410 g/mol. The molecule has 0 unspecified atom stereocenters. The maximum Gasteiger partial charge on any atom is 0.269 e. The van der Waals surface area contributed by atoms with Crippen molar-refractivity contribution in [3.8, 4) is 0 Å². The van der Waals surface area contributed by atoms with Gasteiger partial charge in [0.25, 0.3) is 5.91 Å². The third-order valence-corrected chi connectivity index (χ3v) is 7.63. The van der Waals surface area contributed by atoms with E-state index in [0.717, 1.165) is 32.7 Å². The van der Waals surface area contributed by atoms with Crippen LogP contribution in [0.1, 0.15) is 13.8 Å². The minimum absolute atomic E-state index is 0.0378. The zero-order valence-electron chi connectivity index (χ0n) is 16.8. The van der Waals surface area contributed by atoms with Gasteiger partial charge in [0, 0.05) is 18.0 Å². The summed E-state index contributed by atoms with van der Waals surface area (Å²) in [6.45, 7) is 5.53. The van der Waals surface area contributed by atoms with Crippen LogP contribution >= 0.6 is 23.5 Å². The van der Waals surface area contributed by atoms with Gasteiger partial charge in [-0.2, -0.15) is 0 Å². The van der Waals surface area contributed by atoms with Crippen LogP contribution in [-0.2, 0) is 4.79 Å². The first kappa shape index (κ1) is 19.3. The molecule has 0 aliphatic carbocycles. The number of hydrogen-bond acceptors (Lipinski definition) is 5. The van der Waals surface area contributed by atoms with E-state index in [0.29, 0.717) is 6.54 Å². The Labute approximate surface area is 184 Å². The number of thioether (sulfide) groups is 2. The number of nitrogens with zero attached hydrogens (tertiary/aromatic N) is 3. The minimum Gasteiger partial charge on any atom is -0.334 e. The average molecular weight is 432 g/mol. The van der Waals surface area contributed by atoms with Crippen molar-refractivity contribution >= 4 is 56.7 Å². The predicted molar refractivity (Wildman–Crippen MR) is 128 cm³/mol. The molecule has 30 heavy (non-hydrogen) atoms. The van der Waals surface area contributed by atoms with Gasteiger partial charge in [-0.25, -0.2) is 4.99 Å². The average Bonchev–Trinajstić information content (AvgIpc) is 3.30. The second-order valence-electron chi connectivity index (χ2n) is 7.03. The van der Waals surface area contributed by atoms with Crippen molar-refractivity contribution in [2.24, 2.45) is 4.99 Å². The van der Waals surface area contributed by atoms with Gasteiger partial charge in [0.05, 0.1) is 11.4 Å². The Morgan fingerprint density at radius 3 is 2.37 bits per heavy atom. The van der Waals surface area contributed by atoms with Crippen molar-refractivity contribution in [3.63, 3.8) is 0 Å². The van der Waals surface area contributed by atoms with Crippen molar-refractivity contribution in [1.82, 2.24) is 4.90 Å². The van der Waals surface area contributed by atoms with Crippen molar-refractivity contribution < 1.29 is 4.79 Å². The Bertz CT molecular complexity index is 1220. The van der Waals surface area contributed by atoms with Gasteiger partial charge in [-0.15, -0.1) is 0 Å². The maximum atomic E-state index is 13.3. The van der Waals surface area contributed by atoms with Crippen LogP contribution in [-0.4, -0.2) is 29.1 Å². The predicted octanol–water partition coefficient (Wildman–Crippen LogP) is 6.22. The van der Waals surface area contributed by atoms with E-state index in [4.69, 9.17) is 4.99 Å². The molecule has 0 bridgehead atoms. The monoisotopic (exact) mass is 431 g/mol. The zero-order valence-corrected chi connectivity index (χ0v) is 18.5. The topological polar surface area (TPSA) is 35.9 Å². The summed E-state index contributed by atoms with van der Waals surface area (Å²) in [6, 6.07) is 22.7. The fourth-order valence-corrected chi connectivity index (χ4v) is 6.23. The molecule has 5 rings (SSSR count). The number of carbonyl (C=O) groups is 1. The van der Waals surface area contributed by atoms with Gasteiger partial charge < -0.3 is 4.90 Å². The molecule has 4 nitrogen and oxygen atoms in total. The Balaban J connectivity index is 1.55. The number of para-hydroxylation sites is 1. The van der Waals surface area contributed by atoms with E-state index >= 15 is 0 Å². The number of likely N-dealkylation sites (N-methyl/N-ethyl adjacent to an activating group) is 1. The summed E-state index contributed by atoms with van der Waals surface area (Å²) in [4.78, 5) is 24.1. The number of amidine groups is 1. The molecule has 2 heterocycles. The summed E-state index contributed by atoms with van der Waals surface area (Å²) in [5.74, 6) is 0.0378. The summed E-state index contributed by atoms with van der Waals surface area (Å²) >= 11 is 3.16. The highest BCUT2D eigenvalue weighted by Gasteiger charge is 2.38. The fourth-order valence-electron chi connectivity index (χ4n) is 3.77. The largest absolute Gasteiger partial charge is 0.334 e. The molecule has 0 atom stereocenters. The standard InChI is InChI=1S/C24H21N3OS2/c1-3-26-19-11-7-8-12-20(19)29-23(26)21-22(28)27(4-2)24(30-21)25-18-14-13-16-9-5-6-10-17(16)15-18/h5-15H,3-4H2,1-2H3. The summed E-state index contributed by atoms with van der Waals surface area (Å²) in [6.07, 6.45) is 0. The van der Waals surface area contributed by atoms with E-state index < -0.39 is 0 Å². The fraction of sp³-hybridized carbons (Fsp3) is 0.167. The molecule has 3 aromatic carbocycles. The number of hydrogen-bond donors (Lipinski definition) is 0. The lowest BCUT2D eigenvalue weighted by molar-refractivity contribution is -0.122. The lowest BCUT2D eigenvalue weighted by Crippen LogP contribution is -2.29. The summed E-state index contributed by atoms with van der Waals surface area (Å²) in [7, 11) is 0. The Kier molecular flexibility index (Phi) is 5.05. The van der Waals surface area contributed by atoms with Crippen LogP contribution in [0.5, 0.6) is 0 Å². The molecule has 150 valence electrons. The molecule has 1 saturated heterocycles. The second kappa shape index (κ2) is 7.85. The number of aliphatic imine (C=N–C) groups is 1. The number of anilines is 1. The number of amides is 1. The van der Waals surface area contributed by atoms with Gasteiger partial charge in [-0.3, -0.25) is 9.69 Å². The lowest BCUT2D eigenvalue weighted by Gasteiger charge is -2.19. The molecule has 0 radical (unpaired) electrons. The van der Waals surface area contributed by atoms with Crippen molar-refractivity contribution in [1.29, 1.82) is 0 Å². The van der Waals surface area contributed by atoms with Gasteiger partial charge in [0.15, 0.2) is 5.17 Å². The van der Waals surface area contributed by atoms with Gasteiger partial charge in [0.1, 0.15) is 9.93 Å². The highest BCUT2D eigenvalue weighted by Crippen LogP contribution is 2.50. The van der Waals surface area contributed by atoms with Crippen molar-refractivity contribution in [2.45, 2.75) is 18.7 Å². The van der Waals surface area contributed by atoms with Crippen LogP contribution in [0.2, 0.25) is 0 Å². The molecule has 1 fully saturated rings. The van der Waals surface area contributed by atoms with Crippen LogP contribution < -0.4 is 4.90 Å². The third kappa shape index (κ3) is 3.20. The van der Waals surface area contributed by atoms with Gasteiger partial charge in [-0.1, -0.05) is 54.2 Å². The zero-order chi connectivity index (χ0) is 20.7. The Hall–Kier alpha value is -2.70. The number of benzene rings is 3. The van der Waals surface area contributed by atoms with E-state index in [1.54, 1.807) is 16.7 Å². The van der Waals surface area contributed by atoms with E-state index in [1.807, 2.05) is 37.3 Å². The van der Waals surface area contributed by atoms with Crippen LogP contribution in [0.3, 0.4) is 0 Å². The Morgan fingerprint density at radius 2 is 1.57 bits per heavy atom. The van der Waals surface area contributed by atoms with E-state index in [1.165, 1.54) is 27.7 Å². The number of carbonyl (C=O) groups excluding carboxylic acids is 1. The Morgan fingerprint density at radius 1 is 0.833 bits per heavy atom. The summed E-state index contributed by atoms with van der Waals surface area (Å²) in [5, 5.41) is 4.09.